The molecule has 0 fully saturated rings. The highest BCUT2D eigenvalue weighted by Gasteiger charge is 2.17. The van der Waals surface area contributed by atoms with Crippen LogP contribution in [0.15, 0.2) is 42.5 Å². The van der Waals surface area contributed by atoms with E-state index in [9.17, 15) is 9.18 Å². The molecule has 0 spiro atoms. The van der Waals surface area contributed by atoms with Gasteiger partial charge in [-0.15, -0.1) is 0 Å². The van der Waals surface area contributed by atoms with Gasteiger partial charge in [-0.2, -0.15) is 0 Å². The van der Waals surface area contributed by atoms with Crippen LogP contribution in [0.4, 0.5) is 4.39 Å². The van der Waals surface area contributed by atoms with Crippen molar-refractivity contribution in [2.45, 2.75) is 13.5 Å². The Balaban J connectivity index is 2.22. The lowest BCUT2D eigenvalue weighted by molar-refractivity contribution is 0.0751. The van der Waals surface area contributed by atoms with Crippen LogP contribution >= 0.6 is 34.2 Å². The third-order valence-corrected chi connectivity index (χ3v) is 4.22. The molecule has 5 heteroatoms. The van der Waals surface area contributed by atoms with E-state index in [1.165, 1.54) is 18.2 Å². The molecule has 0 atom stereocenters. The van der Waals surface area contributed by atoms with E-state index in [4.69, 9.17) is 11.6 Å². The molecule has 2 rings (SSSR count). The molecule has 2 nitrogen and oxygen atoms in total. The highest BCUT2D eigenvalue weighted by atomic mass is 127. The Bertz CT molecular complexity index is 662. The van der Waals surface area contributed by atoms with Crippen molar-refractivity contribution in [2.75, 3.05) is 6.54 Å². The molecule has 0 aromatic heterocycles. The first kappa shape index (κ1) is 16.2. The van der Waals surface area contributed by atoms with E-state index >= 15 is 0 Å². The molecule has 0 bridgehead atoms. The monoisotopic (exact) mass is 417 g/mol. The van der Waals surface area contributed by atoms with E-state index in [0.29, 0.717) is 27.2 Å². The van der Waals surface area contributed by atoms with Gasteiger partial charge in [-0.1, -0.05) is 23.7 Å². The second kappa shape index (κ2) is 7.22. The molecule has 0 aliphatic rings. The maximum atomic E-state index is 13.1. The van der Waals surface area contributed by atoms with E-state index in [-0.39, 0.29) is 11.7 Å². The van der Waals surface area contributed by atoms with Crippen LogP contribution in [0.25, 0.3) is 0 Å². The van der Waals surface area contributed by atoms with Gasteiger partial charge in [0.05, 0.1) is 5.56 Å². The predicted molar refractivity (Wildman–Crippen MR) is 91.0 cm³/mol. The van der Waals surface area contributed by atoms with Crippen molar-refractivity contribution in [3.05, 3.63) is 68.0 Å². The van der Waals surface area contributed by atoms with Gasteiger partial charge in [0.25, 0.3) is 5.91 Å². The average Bonchev–Trinajstić information content (AvgIpc) is 2.44. The zero-order chi connectivity index (χ0) is 15.4. The summed E-state index contributed by atoms with van der Waals surface area (Å²) in [4.78, 5) is 14.3. The summed E-state index contributed by atoms with van der Waals surface area (Å²) in [5.41, 5.74) is 1.48. The molecular weight excluding hydrogens is 404 g/mol. The number of hydrogen-bond acceptors (Lipinski definition) is 1. The van der Waals surface area contributed by atoms with Crippen LogP contribution in [0, 0.1) is 9.39 Å². The Morgan fingerprint density at radius 2 is 2.05 bits per heavy atom. The fourth-order valence-electron chi connectivity index (χ4n) is 2.02. The molecule has 21 heavy (non-hydrogen) atoms. The number of hydrogen-bond donors (Lipinski definition) is 0. The van der Waals surface area contributed by atoms with E-state index in [1.54, 1.807) is 11.0 Å². The molecule has 2 aromatic rings. The highest BCUT2D eigenvalue weighted by molar-refractivity contribution is 14.1. The number of rotatable bonds is 4. The van der Waals surface area contributed by atoms with Gasteiger partial charge < -0.3 is 4.90 Å². The molecule has 0 unspecified atom stereocenters. The lowest BCUT2D eigenvalue weighted by Crippen LogP contribution is -2.30. The third kappa shape index (κ3) is 4.17. The number of carbonyl (C=O) groups excluding carboxylic acids is 1. The minimum absolute atomic E-state index is 0.109. The van der Waals surface area contributed by atoms with Crippen molar-refractivity contribution in [3.8, 4) is 0 Å². The maximum absolute atomic E-state index is 13.1. The Kier molecular flexibility index (Phi) is 5.58. The van der Waals surface area contributed by atoms with Crippen molar-refractivity contribution < 1.29 is 9.18 Å². The molecule has 2 aromatic carbocycles. The molecule has 0 radical (unpaired) electrons. The zero-order valence-corrected chi connectivity index (χ0v) is 14.4. The van der Waals surface area contributed by atoms with E-state index in [0.717, 1.165) is 5.56 Å². The lowest BCUT2D eigenvalue weighted by atomic mass is 10.1. The number of benzene rings is 2. The summed E-state index contributed by atoms with van der Waals surface area (Å²) in [5, 5.41) is 0.646. The molecule has 0 aliphatic carbocycles. The molecule has 1 amide bonds. The predicted octanol–water partition coefficient (Wildman–Crippen LogP) is 4.75. The first-order chi connectivity index (χ1) is 10.0. The van der Waals surface area contributed by atoms with Gasteiger partial charge in [0, 0.05) is 21.7 Å². The fraction of sp³-hybridized carbons (Fsp3) is 0.188. The normalized spacial score (nSPS) is 10.5. The highest BCUT2D eigenvalue weighted by Crippen LogP contribution is 2.18. The van der Waals surface area contributed by atoms with Gasteiger partial charge >= 0.3 is 0 Å². The van der Waals surface area contributed by atoms with E-state index in [2.05, 4.69) is 0 Å². The molecule has 0 aliphatic heterocycles. The van der Waals surface area contributed by atoms with Crippen LogP contribution in [0.1, 0.15) is 22.8 Å². The first-order valence-electron chi connectivity index (χ1n) is 6.50. The molecule has 110 valence electrons. The third-order valence-electron chi connectivity index (χ3n) is 3.09. The van der Waals surface area contributed by atoms with Crippen LogP contribution in [0.5, 0.6) is 0 Å². The Morgan fingerprint density at radius 1 is 1.29 bits per heavy atom. The van der Waals surface area contributed by atoms with Gasteiger partial charge in [0.2, 0.25) is 0 Å². The summed E-state index contributed by atoms with van der Waals surface area (Å²) >= 11 is 7.94. The number of halogens is 3. The summed E-state index contributed by atoms with van der Waals surface area (Å²) in [6.07, 6.45) is 0. The molecule has 0 saturated heterocycles. The number of amides is 1. The van der Waals surface area contributed by atoms with E-state index in [1.807, 2.05) is 47.7 Å². The topological polar surface area (TPSA) is 20.3 Å². The summed E-state index contributed by atoms with van der Waals surface area (Å²) in [6, 6.07) is 11.6. The van der Waals surface area contributed by atoms with Crippen LogP contribution in [-0.4, -0.2) is 17.4 Å². The molecule has 0 N–H and O–H groups in total. The Morgan fingerprint density at radius 3 is 2.67 bits per heavy atom. The Hall–Kier alpha value is -1.14. The second-order valence-electron chi connectivity index (χ2n) is 4.57. The van der Waals surface area contributed by atoms with Gasteiger partial charge in [-0.3, -0.25) is 4.79 Å². The quantitative estimate of drug-likeness (QED) is 0.658. The minimum atomic E-state index is -0.339. The molecule has 0 saturated carbocycles. The van der Waals surface area contributed by atoms with Crippen LogP contribution in [0.2, 0.25) is 5.02 Å². The molecule has 0 heterocycles. The van der Waals surface area contributed by atoms with Crippen LogP contribution in [-0.2, 0) is 6.54 Å². The fourth-order valence-corrected chi connectivity index (χ4v) is 2.94. The summed E-state index contributed by atoms with van der Waals surface area (Å²) in [5.74, 6) is -0.448. The van der Waals surface area contributed by atoms with Crippen LogP contribution < -0.4 is 0 Å². The maximum Gasteiger partial charge on any atom is 0.255 e. The standard InChI is InChI=1S/C16H14ClFINO/c1-2-20(10-11-4-3-5-12(17)8-11)16(21)14-7-6-13(18)9-15(14)19/h3-9H,2,10H2,1H3. The van der Waals surface area contributed by atoms with Crippen molar-refractivity contribution in [2.24, 2.45) is 0 Å². The smallest absolute Gasteiger partial charge is 0.255 e. The van der Waals surface area contributed by atoms with Gasteiger partial charge in [0.15, 0.2) is 0 Å². The zero-order valence-electron chi connectivity index (χ0n) is 11.4. The summed E-state index contributed by atoms with van der Waals surface area (Å²) < 4.78 is 13.8. The Labute approximate surface area is 142 Å². The largest absolute Gasteiger partial charge is 0.335 e. The van der Waals surface area contributed by atoms with Crippen LogP contribution in [0.3, 0.4) is 0 Å². The number of carbonyl (C=O) groups is 1. The lowest BCUT2D eigenvalue weighted by Gasteiger charge is -2.22. The van der Waals surface area contributed by atoms with Gasteiger partial charge in [-0.25, -0.2) is 4.39 Å². The number of nitrogens with zero attached hydrogens (tertiary/aromatic N) is 1. The van der Waals surface area contributed by atoms with Crippen molar-refractivity contribution >= 4 is 40.1 Å². The molecular formula is C16H14ClFINO. The van der Waals surface area contributed by atoms with Gasteiger partial charge in [-0.05, 0) is 65.4 Å². The van der Waals surface area contributed by atoms with Crippen molar-refractivity contribution in [1.29, 1.82) is 0 Å². The average molecular weight is 418 g/mol. The van der Waals surface area contributed by atoms with Gasteiger partial charge in [0.1, 0.15) is 5.82 Å². The van der Waals surface area contributed by atoms with Crippen molar-refractivity contribution in [3.63, 3.8) is 0 Å². The van der Waals surface area contributed by atoms with Crippen molar-refractivity contribution in [1.82, 2.24) is 4.90 Å². The summed E-state index contributed by atoms with van der Waals surface area (Å²) in [7, 11) is 0. The SMILES string of the molecule is CCN(Cc1cccc(Cl)c1)C(=O)c1ccc(F)cc1I. The van der Waals surface area contributed by atoms with E-state index < -0.39 is 0 Å². The first-order valence-corrected chi connectivity index (χ1v) is 7.95. The second-order valence-corrected chi connectivity index (χ2v) is 6.17. The summed E-state index contributed by atoms with van der Waals surface area (Å²) in [6.45, 7) is 2.96. The minimum Gasteiger partial charge on any atom is -0.335 e.